The third-order valence-electron chi connectivity index (χ3n) is 5.20. The van der Waals surface area contributed by atoms with Gasteiger partial charge in [-0.15, -0.1) is 0 Å². The summed E-state index contributed by atoms with van der Waals surface area (Å²) in [6.45, 7) is 4.62. The summed E-state index contributed by atoms with van der Waals surface area (Å²) in [6.07, 6.45) is 1.25. The molecule has 9 heteroatoms. The number of nitrogens with zero attached hydrogens (tertiary/aromatic N) is 3. The fraction of sp³-hybridized carbons (Fsp3) is 0.318. The zero-order valence-corrected chi connectivity index (χ0v) is 17.7. The smallest absolute Gasteiger partial charge is 0.274 e. The Morgan fingerprint density at radius 3 is 2.13 bits per heavy atom. The van der Waals surface area contributed by atoms with E-state index in [0.717, 1.165) is 4.90 Å². The summed E-state index contributed by atoms with van der Waals surface area (Å²) >= 11 is 0. The summed E-state index contributed by atoms with van der Waals surface area (Å²) in [5, 5.41) is 2.50. The van der Waals surface area contributed by atoms with Crippen molar-refractivity contribution in [2.75, 3.05) is 25.0 Å². The quantitative estimate of drug-likeness (QED) is 0.678. The van der Waals surface area contributed by atoms with E-state index in [1.165, 1.54) is 23.9 Å². The van der Waals surface area contributed by atoms with E-state index in [4.69, 9.17) is 0 Å². The highest BCUT2D eigenvalue weighted by molar-refractivity contribution is 6.21. The molecule has 1 N–H and O–H groups in total. The molecule has 0 saturated carbocycles. The maximum Gasteiger partial charge on any atom is 0.274 e. The number of hydrogen-bond acceptors (Lipinski definition) is 5. The van der Waals surface area contributed by atoms with Crippen LogP contribution in [0.15, 0.2) is 41.3 Å². The Balaban J connectivity index is 1.71. The zero-order chi connectivity index (χ0) is 22.7. The largest absolute Gasteiger partial charge is 0.339 e. The molecule has 0 fully saturated rings. The van der Waals surface area contributed by atoms with Gasteiger partial charge >= 0.3 is 0 Å². The van der Waals surface area contributed by atoms with Crippen LogP contribution in [-0.4, -0.2) is 57.6 Å². The fourth-order valence-electron chi connectivity index (χ4n) is 3.48. The highest BCUT2D eigenvalue weighted by Gasteiger charge is 2.35. The lowest BCUT2D eigenvalue weighted by Gasteiger charge is -2.19. The summed E-state index contributed by atoms with van der Waals surface area (Å²) in [4.78, 5) is 64.9. The van der Waals surface area contributed by atoms with Gasteiger partial charge in [-0.05, 0) is 32.0 Å². The van der Waals surface area contributed by atoms with E-state index in [2.05, 4.69) is 5.32 Å². The number of pyridine rings is 1. The molecule has 0 spiro atoms. The summed E-state index contributed by atoms with van der Waals surface area (Å²) < 4.78 is 1.23. The van der Waals surface area contributed by atoms with E-state index in [-0.39, 0.29) is 30.1 Å². The van der Waals surface area contributed by atoms with Gasteiger partial charge in [-0.1, -0.05) is 12.1 Å². The van der Waals surface area contributed by atoms with Crippen molar-refractivity contribution in [3.63, 3.8) is 0 Å². The number of hydrogen-bond donors (Lipinski definition) is 1. The first-order valence-electron chi connectivity index (χ1n) is 10.0. The number of rotatable bonds is 7. The number of carbonyl (C=O) groups is 4. The topological polar surface area (TPSA) is 109 Å². The van der Waals surface area contributed by atoms with Crippen LogP contribution in [-0.2, 0) is 11.8 Å². The summed E-state index contributed by atoms with van der Waals surface area (Å²) in [5.74, 6) is -1.68. The molecule has 0 aliphatic carbocycles. The Morgan fingerprint density at radius 1 is 1.00 bits per heavy atom. The number of anilines is 1. The Hall–Kier alpha value is -3.75. The minimum atomic E-state index is -0.541. The highest BCUT2D eigenvalue weighted by Crippen LogP contribution is 2.22. The number of fused-ring (bicyclic) bond motifs is 1. The van der Waals surface area contributed by atoms with Crippen molar-refractivity contribution in [1.29, 1.82) is 0 Å². The normalized spacial score (nSPS) is 12.7. The van der Waals surface area contributed by atoms with E-state index < -0.39 is 23.3 Å². The van der Waals surface area contributed by atoms with Crippen LogP contribution in [0.4, 0.5) is 5.69 Å². The second-order valence-corrected chi connectivity index (χ2v) is 7.14. The first kappa shape index (κ1) is 21.9. The Kier molecular flexibility index (Phi) is 6.33. The van der Waals surface area contributed by atoms with Crippen molar-refractivity contribution in [2.45, 2.75) is 20.3 Å². The average molecular weight is 424 g/mol. The van der Waals surface area contributed by atoms with Gasteiger partial charge in [0.15, 0.2) is 0 Å². The Labute approximate surface area is 179 Å². The third-order valence-corrected chi connectivity index (χ3v) is 5.20. The zero-order valence-electron chi connectivity index (χ0n) is 17.7. The van der Waals surface area contributed by atoms with Crippen LogP contribution in [0.2, 0.25) is 0 Å². The van der Waals surface area contributed by atoms with Crippen LogP contribution < -0.4 is 10.9 Å². The van der Waals surface area contributed by atoms with Gasteiger partial charge in [0.1, 0.15) is 5.69 Å². The van der Waals surface area contributed by atoms with Gasteiger partial charge in [0.2, 0.25) is 5.91 Å². The molecule has 9 nitrogen and oxygen atoms in total. The maximum absolute atomic E-state index is 12.6. The first-order chi connectivity index (χ1) is 14.8. The van der Waals surface area contributed by atoms with Crippen LogP contribution in [0, 0.1) is 0 Å². The van der Waals surface area contributed by atoms with Gasteiger partial charge in [-0.25, -0.2) is 0 Å². The maximum atomic E-state index is 12.6. The number of aromatic nitrogens is 1. The molecule has 0 atom stereocenters. The van der Waals surface area contributed by atoms with Crippen molar-refractivity contribution in [2.24, 2.45) is 7.05 Å². The lowest BCUT2D eigenvalue weighted by molar-refractivity contribution is -0.116. The molecule has 1 aliphatic heterocycles. The summed E-state index contributed by atoms with van der Waals surface area (Å²) in [7, 11) is 1.50. The van der Waals surface area contributed by atoms with E-state index in [1.54, 1.807) is 29.2 Å². The van der Waals surface area contributed by atoms with Crippen LogP contribution in [0.3, 0.4) is 0 Å². The molecule has 0 bridgehead atoms. The third kappa shape index (κ3) is 4.25. The van der Waals surface area contributed by atoms with Crippen LogP contribution in [0.25, 0.3) is 0 Å². The SMILES string of the molecule is CCN(CC)C(=O)c1cc(NC(=O)CCN2C(=O)c3ccccc3C2=O)c(=O)n(C)c1. The van der Waals surface area contributed by atoms with E-state index >= 15 is 0 Å². The molecule has 1 aromatic heterocycles. The number of nitrogens with one attached hydrogen (secondary N) is 1. The van der Waals surface area contributed by atoms with Crippen LogP contribution in [0.5, 0.6) is 0 Å². The molecule has 2 aromatic rings. The predicted molar refractivity (Wildman–Crippen MR) is 114 cm³/mol. The van der Waals surface area contributed by atoms with Gasteiger partial charge < -0.3 is 14.8 Å². The molecule has 0 unspecified atom stereocenters. The lowest BCUT2D eigenvalue weighted by atomic mass is 10.1. The molecule has 162 valence electrons. The number of aryl methyl sites for hydroxylation is 1. The fourth-order valence-corrected chi connectivity index (χ4v) is 3.48. The molecular formula is C22H24N4O5. The number of carbonyl (C=O) groups excluding carboxylic acids is 4. The van der Waals surface area contributed by atoms with E-state index in [1.807, 2.05) is 13.8 Å². The lowest BCUT2D eigenvalue weighted by Crippen LogP contribution is -2.34. The molecule has 1 aliphatic rings. The number of benzene rings is 1. The van der Waals surface area contributed by atoms with Crippen molar-refractivity contribution < 1.29 is 19.2 Å². The molecule has 2 heterocycles. The van der Waals surface area contributed by atoms with Gasteiger partial charge in [0.25, 0.3) is 23.3 Å². The molecule has 4 amide bonds. The number of amides is 4. The minimum Gasteiger partial charge on any atom is -0.339 e. The van der Waals surface area contributed by atoms with Crippen molar-refractivity contribution in [3.8, 4) is 0 Å². The average Bonchev–Trinajstić information content (AvgIpc) is 3.00. The van der Waals surface area contributed by atoms with Gasteiger partial charge in [0.05, 0.1) is 16.7 Å². The van der Waals surface area contributed by atoms with Crippen molar-refractivity contribution >= 4 is 29.3 Å². The second-order valence-electron chi connectivity index (χ2n) is 7.14. The molecule has 1 aromatic carbocycles. The highest BCUT2D eigenvalue weighted by atomic mass is 16.2. The monoisotopic (exact) mass is 424 g/mol. The molecule has 31 heavy (non-hydrogen) atoms. The van der Waals surface area contributed by atoms with E-state index in [0.29, 0.717) is 24.2 Å². The van der Waals surface area contributed by atoms with Crippen LogP contribution >= 0.6 is 0 Å². The second kappa shape index (κ2) is 8.95. The summed E-state index contributed by atoms with van der Waals surface area (Å²) in [6, 6.07) is 7.82. The van der Waals surface area contributed by atoms with Gasteiger partial charge in [-0.2, -0.15) is 0 Å². The molecule has 3 rings (SSSR count). The number of imide groups is 1. The van der Waals surface area contributed by atoms with Crippen molar-refractivity contribution in [3.05, 3.63) is 63.6 Å². The molecular weight excluding hydrogens is 400 g/mol. The summed E-state index contributed by atoms with van der Waals surface area (Å²) in [5.41, 5.74) is 0.397. The minimum absolute atomic E-state index is 0.0344. The Morgan fingerprint density at radius 2 is 1.58 bits per heavy atom. The van der Waals surface area contributed by atoms with Gasteiger partial charge in [-0.3, -0.25) is 28.9 Å². The van der Waals surface area contributed by atoms with Crippen LogP contribution in [0.1, 0.15) is 51.3 Å². The Bertz CT molecular complexity index is 1080. The molecule has 0 saturated heterocycles. The predicted octanol–water partition coefficient (Wildman–Crippen LogP) is 1.49. The van der Waals surface area contributed by atoms with Crippen molar-refractivity contribution in [1.82, 2.24) is 14.4 Å². The van der Waals surface area contributed by atoms with E-state index in [9.17, 15) is 24.0 Å². The first-order valence-corrected chi connectivity index (χ1v) is 10.0. The standard InChI is InChI=1S/C22H24N4O5/c1-4-25(5-2)19(28)14-12-17(22(31)24(3)13-14)23-18(27)10-11-26-20(29)15-8-6-7-9-16(15)21(26)30/h6-9,12-13H,4-5,10-11H2,1-3H3,(H,23,27). The molecule has 0 radical (unpaired) electrons. The van der Waals surface area contributed by atoms with Gasteiger partial charge in [0, 0.05) is 39.3 Å².